The zero-order chi connectivity index (χ0) is 18.1. The smallest absolute Gasteiger partial charge is 0.116 e. The van der Waals surface area contributed by atoms with E-state index in [9.17, 15) is 0 Å². The quantitative estimate of drug-likeness (QED) is 0.521. The zero-order valence-electron chi connectivity index (χ0n) is 15.3. The highest BCUT2D eigenvalue weighted by Gasteiger charge is 2.11. The summed E-state index contributed by atoms with van der Waals surface area (Å²) >= 11 is 0. The monoisotopic (exact) mass is 342 g/mol. The van der Waals surface area contributed by atoms with Gasteiger partial charge in [-0.1, -0.05) is 39.0 Å². The summed E-state index contributed by atoms with van der Waals surface area (Å²) < 4.78 is 0. The Morgan fingerprint density at radius 1 is 0.808 bits per heavy atom. The van der Waals surface area contributed by atoms with E-state index in [2.05, 4.69) is 72.1 Å². The van der Waals surface area contributed by atoms with Crippen molar-refractivity contribution in [3.05, 3.63) is 71.9 Å². The first kappa shape index (κ1) is 16.6. The van der Waals surface area contributed by atoms with E-state index >= 15 is 0 Å². The van der Waals surface area contributed by atoms with Crippen molar-refractivity contribution in [3.63, 3.8) is 0 Å². The van der Waals surface area contributed by atoms with Gasteiger partial charge in [-0.25, -0.2) is 15.0 Å². The van der Waals surface area contributed by atoms with Gasteiger partial charge >= 0.3 is 0 Å². The normalized spacial score (nSPS) is 12.8. The van der Waals surface area contributed by atoms with E-state index in [0.717, 1.165) is 34.1 Å². The molecule has 130 valence electrons. The minimum atomic E-state index is 0.342. The third-order valence-electron chi connectivity index (χ3n) is 4.90. The molecule has 0 fully saturated rings. The molecule has 0 bridgehead atoms. The Morgan fingerprint density at radius 3 is 2.46 bits per heavy atom. The van der Waals surface area contributed by atoms with Gasteiger partial charge in [0.15, 0.2) is 0 Å². The van der Waals surface area contributed by atoms with Gasteiger partial charge in [-0.2, -0.15) is 0 Å². The maximum absolute atomic E-state index is 4.86. The molecule has 2 aromatic carbocycles. The fourth-order valence-corrected chi connectivity index (χ4v) is 3.25. The van der Waals surface area contributed by atoms with Crippen LogP contribution in [0.4, 0.5) is 0 Å². The van der Waals surface area contributed by atoms with E-state index in [1.54, 1.807) is 6.33 Å². The Balaban J connectivity index is 1.62. The molecule has 0 spiro atoms. The summed E-state index contributed by atoms with van der Waals surface area (Å²) in [5.74, 6) is 0.831. The van der Waals surface area contributed by atoms with Crippen molar-refractivity contribution in [2.45, 2.75) is 39.0 Å². The van der Waals surface area contributed by atoms with Crippen LogP contribution in [0, 0.1) is 0 Å². The summed E-state index contributed by atoms with van der Waals surface area (Å²) in [5.41, 5.74) is 6.49. The lowest BCUT2D eigenvalue weighted by Gasteiger charge is -2.13. The topological polar surface area (TPSA) is 51.6 Å². The highest BCUT2D eigenvalue weighted by molar-refractivity contribution is 5.78. The van der Waals surface area contributed by atoms with Gasteiger partial charge in [-0.3, -0.25) is 4.98 Å². The maximum Gasteiger partial charge on any atom is 0.116 e. The van der Waals surface area contributed by atoms with Crippen LogP contribution in [0.5, 0.6) is 0 Å². The molecule has 4 nitrogen and oxygen atoms in total. The van der Waals surface area contributed by atoms with Crippen LogP contribution >= 0.6 is 0 Å². The Labute approximate surface area is 153 Å². The highest BCUT2D eigenvalue weighted by atomic mass is 14.8. The number of nitrogens with zero attached hydrogens (tertiary/aromatic N) is 4. The Morgan fingerprint density at radius 2 is 1.62 bits per heavy atom. The van der Waals surface area contributed by atoms with Gasteiger partial charge in [0, 0.05) is 17.8 Å². The first-order valence-electron chi connectivity index (χ1n) is 9.05. The molecule has 2 aromatic heterocycles. The lowest BCUT2D eigenvalue weighted by Crippen LogP contribution is -2.02. The van der Waals surface area contributed by atoms with Crippen molar-refractivity contribution in [2.24, 2.45) is 0 Å². The molecule has 0 aliphatic rings. The van der Waals surface area contributed by atoms with Gasteiger partial charge in [-0.05, 0) is 47.6 Å². The number of aromatic nitrogens is 4. The number of hydrogen-bond donors (Lipinski definition) is 0. The van der Waals surface area contributed by atoms with Crippen LogP contribution in [0.15, 0.2) is 55.1 Å². The predicted molar refractivity (Wildman–Crippen MR) is 105 cm³/mol. The van der Waals surface area contributed by atoms with E-state index in [-0.39, 0.29) is 0 Å². The molecule has 4 aromatic rings. The number of rotatable bonds is 4. The Kier molecular flexibility index (Phi) is 4.33. The van der Waals surface area contributed by atoms with Crippen LogP contribution < -0.4 is 0 Å². The average molecular weight is 342 g/mol. The van der Waals surface area contributed by atoms with Crippen molar-refractivity contribution in [1.29, 1.82) is 0 Å². The van der Waals surface area contributed by atoms with Crippen LogP contribution in [0.25, 0.3) is 21.9 Å². The molecule has 0 N–H and O–H groups in total. The molecule has 0 amide bonds. The molecule has 0 saturated heterocycles. The van der Waals surface area contributed by atoms with E-state index in [4.69, 9.17) is 4.98 Å². The van der Waals surface area contributed by atoms with Gasteiger partial charge < -0.3 is 0 Å². The fraction of sp³-hybridized carbons (Fsp3) is 0.273. The third kappa shape index (κ3) is 3.27. The van der Waals surface area contributed by atoms with Crippen molar-refractivity contribution < 1.29 is 0 Å². The number of benzene rings is 2. The summed E-state index contributed by atoms with van der Waals surface area (Å²) in [6.07, 6.45) is 6.19. The SMILES string of the molecule is CC(C)c1ccc2ncc(CC(C)c3ccc4cncnc4c3)nc2c1. The van der Waals surface area contributed by atoms with Crippen LogP contribution in [0.1, 0.15) is 49.4 Å². The maximum atomic E-state index is 4.86. The van der Waals surface area contributed by atoms with Gasteiger partial charge in [-0.15, -0.1) is 0 Å². The minimum Gasteiger partial charge on any atom is -0.253 e. The molecule has 0 radical (unpaired) electrons. The second-order valence-corrected chi connectivity index (χ2v) is 7.21. The van der Waals surface area contributed by atoms with E-state index in [1.165, 1.54) is 11.1 Å². The van der Waals surface area contributed by atoms with Crippen molar-refractivity contribution >= 4 is 21.9 Å². The number of hydrogen-bond acceptors (Lipinski definition) is 4. The molecule has 4 heteroatoms. The molecule has 0 saturated carbocycles. The summed E-state index contributed by atoms with van der Waals surface area (Å²) in [5, 5.41) is 1.06. The molecular formula is C22H22N4. The zero-order valence-corrected chi connectivity index (χ0v) is 15.3. The molecule has 2 heterocycles. The number of fused-ring (bicyclic) bond motifs is 2. The third-order valence-corrected chi connectivity index (χ3v) is 4.90. The molecule has 4 rings (SSSR count). The van der Waals surface area contributed by atoms with Gasteiger partial charge in [0.2, 0.25) is 0 Å². The van der Waals surface area contributed by atoms with Crippen LogP contribution in [-0.4, -0.2) is 19.9 Å². The van der Waals surface area contributed by atoms with Gasteiger partial charge in [0.05, 0.1) is 22.2 Å². The Bertz CT molecular complexity index is 1070. The van der Waals surface area contributed by atoms with Crippen LogP contribution in [-0.2, 0) is 6.42 Å². The highest BCUT2D eigenvalue weighted by Crippen LogP contribution is 2.24. The first-order valence-corrected chi connectivity index (χ1v) is 9.05. The summed E-state index contributed by atoms with van der Waals surface area (Å²) in [4.78, 5) is 17.9. The lowest BCUT2D eigenvalue weighted by molar-refractivity contribution is 0.741. The van der Waals surface area contributed by atoms with Crippen molar-refractivity contribution in [3.8, 4) is 0 Å². The standard InChI is InChI=1S/C22H22N4/c1-14(2)16-6-7-20-22(9-16)26-19(12-24-20)8-15(3)17-4-5-18-11-23-13-25-21(18)10-17/h4-7,9-15H,8H2,1-3H3. The molecule has 0 aliphatic heterocycles. The molecule has 1 unspecified atom stereocenters. The largest absolute Gasteiger partial charge is 0.253 e. The van der Waals surface area contributed by atoms with E-state index < -0.39 is 0 Å². The second kappa shape index (κ2) is 6.79. The van der Waals surface area contributed by atoms with Crippen LogP contribution in [0.3, 0.4) is 0 Å². The van der Waals surface area contributed by atoms with Crippen molar-refractivity contribution in [1.82, 2.24) is 19.9 Å². The van der Waals surface area contributed by atoms with Crippen LogP contribution in [0.2, 0.25) is 0 Å². The summed E-state index contributed by atoms with van der Waals surface area (Å²) in [6, 6.07) is 12.7. The fourth-order valence-electron chi connectivity index (χ4n) is 3.25. The molecule has 1 atom stereocenters. The Hall–Kier alpha value is -2.88. The minimum absolute atomic E-state index is 0.342. The predicted octanol–water partition coefficient (Wildman–Crippen LogP) is 5.04. The second-order valence-electron chi connectivity index (χ2n) is 7.21. The summed E-state index contributed by atoms with van der Waals surface area (Å²) in [6.45, 7) is 6.62. The van der Waals surface area contributed by atoms with Crippen molar-refractivity contribution in [2.75, 3.05) is 0 Å². The summed E-state index contributed by atoms with van der Waals surface area (Å²) in [7, 11) is 0. The van der Waals surface area contributed by atoms with E-state index in [1.807, 2.05) is 12.4 Å². The van der Waals surface area contributed by atoms with Gasteiger partial charge in [0.1, 0.15) is 6.33 Å². The van der Waals surface area contributed by atoms with E-state index in [0.29, 0.717) is 11.8 Å². The first-order chi connectivity index (χ1) is 12.6. The average Bonchev–Trinajstić information content (AvgIpc) is 2.67. The molecule has 0 aliphatic carbocycles. The van der Waals surface area contributed by atoms with Gasteiger partial charge in [0.25, 0.3) is 0 Å². The molecular weight excluding hydrogens is 320 g/mol. The lowest BCUT2D eigenvalue weighted by atomic mass is 9.95. The molecule has 26 heavy (non-hydrogen) atoms.